The van der Waals surface area contributed by atoms with Gasteiger partial charge in [-0.1, -0.05) is 18.2 Å². The molecule has 26 heavy (non-hydrogen) atoms. The highest BCUT2D eigenvalue weighted by Gasteiger charge is 2.20. The number of nitrogens with one attached hydrogen (secondary N) is 1. The van der Waals surface area contributed by atoms with Crippen LogP contribution in [0.3, 0.4) is 0 Å². The zero-order chi connectivity index (χ0) is 18.7. The van der Waals surface area contributed by atoms with Gasteiger partial charge >= 0.3 is 0 Å². The van der Waals surface area contributed by atoms with Crippen LogP contribution in [0.4, 0.5) is 0 Å². The molecule has 0 saturated heterocycles. The maximum Gasteiger partial charge on any atom is 0.267 e. The molecule has 0 aliphatic carbocycles. The number of primary amides is 1. The lowest BCUT2D eigenvalue weighted by molar-refractivity contribution is -0.121. The molecular formula is C19H23N5O2. The first-order valence-electron chi connectivity index (χ1n) is 8.63. The molecule has 0 aliphatic rings. The highest BCUT2D eigenvalue weighted by Crippen LogP contribution is 2.19. The Bertz CT molecular complexity index is 940. The number of benzene rings is 1. The number of nitrogens with two attached hydrogens (primary N) is 1. The number of carbonyl (C=O) groups excluding carboxylic acids is 2. The third-order valence-electron chi connectivity index (χ3n) is 4.51. The van der Waals surface area contributed by atoms with Crippen LogP contribution in [-0.2, 0) is 24.8 Å². The van der Waals surface area contributed by atoms with Gasteiger partial charge in [-0.2, -0.15) is 5.10 Å². The van der Waals surface area contributed by atoms with Gasteiger partial charge in [0.25, 0.3) is 5.91 Å². The molecule has 1 atom stereocenters. The smallest absolute Gasteiger partial charge is 0.267 e. The molecule has 0 fully saturated rings. The molecule has 0 aliphatic heterocycles. The Kier molecular flexibility index (Phi) is 5.06. The number of aromatic nitrogens is 3. The summed E-state index contributed by atoms with van der Waals surface area (Å²) < 4.78 is 3.64. The predicted octanol–water partition coefficient (Wildman–Crippen LogP) is 1.47. The zero-order valence-electron chi connectivity index (χ0n) is 15.0. The molecule has 0 radical (unpaired) electrons. The summed E-state index contributed by atoms with van der Waals surface area (Å²) in [6.07, 6.45) is 3.99. The van der Waals surface area contributed by atoms with Crippen LogP contribution in [0, 0.1) is 5.92 Å². The molecule has 0 bridgehead atoms. The molecule has 2 amide bonds. The number of nitrogens with zero attached hydrogens (tertiary/aromatic N) is 3. The minimum Gasteiger partial charge on any atom is -0.369 e. The van der Waals surface area contributed by atoms with Crippen molar-refractivity contribution in [1.82, 2.24) is 19.7 Å². The summed E-state index contributed by atoms with van der Waals surface area (Å²) in [4.78, 5) is 24.4. The van der Waals surface area contributed by atoms with E-state index in [0.29, 0.717) is 18.7 Å². The van der Waals surface area contributed by atoms with Crippen LogP contribution in [0.25, 0.3) is 10.9 Å². The van der Waals surface area contributed by atoms with Crippen LogP contribution in [-0.4, -0.2) is 32.7 Å². The Hall–Kier alpha value is -3.09. The van der Waals surface area contributed by atoms with Crippen LogP contribution < -0.4 is 11.1 Å². The summed E-state index contributed by atoms with van der Waals surface area (Å²) in [7, 11) is 1.81. The van der Waals surface area contributed by atoms with E-state index in [1.807, 2.05) is 55.1 Å². The average molecular weight is 353 g/mol. The monoisotopic (exact) mass is 353 g/mol. The topological polar surface area (TPSA) is 94.9 Å². The van der Waals surface area contributed by atoms with Crippen LogP contribution in [0.1, 0.15) is 23.0 Å². The van der Waals surface area contributed by atoms with Gasteiger partial charge in [0, 0.05) is 37.2 Å². The summed E-state index contributed by atoms with van der Waals surface area (Å²) in [5.74, 6) is -1.13. The van der Waals surface area contributed by atoms with Gasteiger partial charge < -0.3 is 15.6 Å². The highest BCUT2D eigenvalue weighted by molar-refractivity contribution is 5.99. The van der Waals surface area contributed by atoms with Gasteiger partial charge in [0.05, 0.1) is 12.1 Å². The molecule has 136 valence electrons. The standard InChI is InChI=1S/C19H23N5O2/c1-3-24-16-7-5-4-6-14(16)9-17(24)19(26)21-11-15(18(20)25)8-13-10-22-23(2)12-13/h4-7,9-10,12,15H,3,8,11H2,1-2H3,(H2,20,25)(H,21,26)/t15-/m0/s1. The maximum atomic E-state index is 12.7. The third-order valence-corrected chi connectivity index (χ3v) is 4.51. The Morgan fingerprint density at radius 3 is 2.73 bits per heavy atom. The number of amides is 2. The first kappa shape index (κ1) is 17.7. The van der Waals surface area contributed by atoms with Crippen LogP contribution >= 0.6 is 0 Å². The summed E-state index contributed by atoms with van der Waals surface area (Å²) in [6, 6.07) is 9.74. The summed E-state index contributed by atoms with van der Waals surface area (Å²) >= 11 is 0. The van der Waals surface area contributed by atoms with Crippen molar-refractivity contribution in [1.29, 1.82) is 0 Å². The predicted molar refractivity (Wildman–Crippen MR) is 99.5 cm³/mol. The van der Waals surface area contributed by atoms with E-state index in [0.717, 1.165) is 16.5 Å². The van der Waals surface area contributed by atoms with Gasteiger partial charge in [-0.25, -0.2) is 0 Å². The lowest BCUT2D eigenvalue weighted by Gasteiger charge is -2.14. The Balaban J connectivity index is 1.73. The first-order valence-corrected chi connectivity index (χ1v) is 8.63. The van der Waals surface area contributed by atoms with E-state index in [1.54, 1.807) is 10.9 Å². The van der Waals surface area contributed by atoms with Crippen molar-refractivity contribution in [3.63, 3.8) is 0 Å². The molecule has 3 rings (SSSR count). The van der Waals surface area contributed by atoms with E-state index in [2.05, 4.69) is 10.4 Å². The number of rotatable bonds is 7. The number of fused-ring (bicyclic) bond motifs is 1. The van der Waals surface area contributed by atoms with Crippen molar-refractivity contribution in [2.45, 2.75) is 19.9 Å². The molecule has 0 saturated carbocycles. The number of para-hydroxylation sites is 1. The molecule has 7 nitrogen and oxygen atoms in total. The second-order valence-electron chi connectivity index (χ2n) is 6.37. The summed E-state index contributed by atoms with van der Waals surface area (Å²) in [6.45, 7) is 2.87. The van der Waals surface area contributed by atoms with E-state index in [1.165, 1.54) is 0 Å². The van der Waals surface area contributed by atoms with Crippen molar-refractivity contribution in [3.05, 3.63) is 54.0 Å². The molecule has 3 aromatic rings. The lowest BCUT2D eigenvalue weighted by atomic mass is 10.0. The van der Waals surface area contributed by atoms with E-state index in [4.69, 9.17) is 5.73 Å². The minimum absolute atomic E-state index is 0.189. The van der Waals surface area contributed by atoms with E-state index in [9.17, 15) is 9.59 Å². The Labute approximate surface area is 151 Å². The van der Waals surface area contributed by atoms with E-state index >= 15 is 0 Å². The zero-order valence-corrected chi connectivity index (χ0v) is 15.0. The molecule has 1 aromatic carbocycles. The Morgan fingerprint density at radius 2 is 2.08 bits per heavy atom. The fourth-order valence-corrected chi connectivity index (χ4v) is 3.18. The number of hydrogen-bond acceptors (Lipinski definition) is 3. The highest BCUT2D eigenvalue weighted by atomic mass is 16.2. The largest absolute Gasteiger partial charge is 0.369 e. The summed E-state index contributed by atoms with van der Waals surface area (Å²) in [5, 5.41) is 7.96. The van der Waals surface area contributed by atoms with Crippen molar-refractivity contribution >= 4 is 22.7 Å². The van der Waals surface area contributed by atoms with E-state index < -0.39 is 11.8 Å². The second-order valence-corrected chi connectivity index (χ2v) is 6.37. The van der Waals surface area contributed by atoms with Crippen LogP contribution in [0.15, 0.2) is 42.7 Å². The molecule has 0 spiro atoms. The molecule has 2 heterocycles. The SMILES string of the molecule is CCn1c(C(=O)NC[C@H](Cc2cnn(C)c2)C(N)=O)cc2ccccc21. The van der Waals surface area contributed by atoms with Crippen molar-refractivity contribution in [3.8, 4) is 0 Å². The minimum atomic E-state index is -0.484. The van der Waals surface area contributed by atoms with E-state index in [-0.39, 0.29) is 12.5 Å². The normalized spacial score (nSPS) is 12.2. The van der Waals surface area contributed by atoms with Crippen molar-refractivity contribution in [2.24, 2.45) is 18.7 Å². The van der Waals surface area contributed by atoms with Gasteiger partial charge in [-0.05, 0) is 31.0 Å². The fraction of sp³-hybridized carbons (Fsp3) is 0.316. The first-order chi connectivity index (χ1) is 12.5. The molecular weight excluding hydrogens is 330 g/mol. The molecule has 7 heteroatoms. The van der Waals surface area contributed by atoms with Crippen molar-refractivity contribution < 1.29 is 9.59 Å². The van der Waals surface area contributed by atoms with Gasteiger partial charge in [0.1, 0.15) is 5.69 Å². The lowest BCUT2D eigenvalue weighted by Crippen LogP contribution is -2.37. The molecule has 3 N–H and O–H groups in total. The number of hydrogen-bond donors (Lipinski definition) is 2. The number of aryl methyl sites for hydroxylation is 2. The average Bonchev–Trinajstić information content (AvgIpc) is 3.20. The van der Waals surface area contributed by atoms with Gasteiger partial charge in [-0.15, -0.1) is 0 Å². The quantitative estimate of drug-likeness (QED) is 0.673. The fourth-order valence-electron chi connectivity index (χ4n) is 3.18. The van der Waals surface area contributed by atoms with Gasteiger partial charge in [0.2, 0.25) is 5.91 Å². The number of carbonyl (C=O) groups is 2. The van der Waals surface area contributed by atoms with Gasteiger partial charge in [0.15, 0.2) is 0 Å². The maximum absolute atomic E-state index is 12.7. The third kappa shape index (κ3) is 3.61. The molecule has 2 aromatic heterocycles. The van der Waals surface area contributed by atoms with Crippen LogP contribution in [0.2, 0.25) is 0 Å². The van der Waals surface area contributed by atoms with Crippen LogP contribution in [0.5, 0.6) is 0 Å². The summed E-state index contributed by atoms with van der Waals surface area (Å²) in [5.41, 5.74) is 8.02. The molecule has 0 unspecified atom stereocenters. The van der Waals surface area contributed by atoms with Gasteiger partial charge in [-0.3, -0.25) is 14.3 Å². The van der Waals surface area contributed by atoms with Crippen molar-refractivity contribution in [2.75, 3.05) is 6.54 Å². The second kappa shape index (κ2) is 7.43. The Morgan fingerprint density at radius 1 is 1.31 bits per heavy atom.